The third-order valence-corrected chi connectivity index (χ3v) is 1.91. The van der Waals surface area contributed by atoms with Gasteiger partial charge < -0.3 is 14.8 Å². The summed E-state index contributed by atoms with van der Waals surface area (Å²) in [5.41, 5.74) is 0.326. The summed E-state index contributed by atoms with van der Waals surface area (Å²) in [6.45, 7) is 1.05. The molecule has 0 radical (unpaired) electrons. The predicted molar refractivity (Wildman–Crippen MR) is 58.1 cm³/mol. The van der Waals surface area contributed by atoms with Crippen molar-refractivity contribution in [3.05, 3.63) is 24.0 Å². The molecule has 0 saturated heterocycles. The van der Waals surface area contributed by atoms with Crippen LogP contribution in [0.1, 0.15) is 6.42 Å². The number of ether oxygens (including phenoxy) is 2. The molecule has 0 unspecified atom stereocenters. The van der Waals surface area contributed by atoms with E-state index in [9.17, 15) is 9.18 Å². The first kappa shape index (κ1) is 12.4. The number of methoxy groups -OCH3 is 1. The predicted octanol–water partition coefficient (Wildman–Crippen LogP) is 1.81. The SMILES string of the molecule is COCCCOc1ccc(F)cc1NC=O. The second kappa shape index (κ2) is 6.79. The molecule has 0 aliphatic rings. The van der Waals surface area contributed by atoms with Gasteiger partial charge in [0.25, 0.3) is 0 Å². The Morgan fingerprint density at radius 2 is 2.25 bits per heavy atom. The van der Waals surface area contributed by atoms with Crippen LogP contribution >= 0.6 is 0 Å². The zero-order chi connectivity index (χ0) is 11.8. The lowest BCUT2D eigenvalue weighted by atomic mass is 10.3. The molecule has 1 aromatic carbocycles. The Labute approximate surface area is 93.4 Å². The van der Waals surface area contributed by atoms with Crippen molar-refractivity contribution < 1.29 is 18.7 Å². The summed E-state index contributed by atoms with van der Waals surface area (Å²) in [7, 11) is 1.61. The summed E-state index contributed by atoms with van der Waals surface area (Å²) < 4.78 is 23.1. The van der Waals surface area contributed by atoms with E-state index >= 15 is 0 Å². The third kappa shape index (κ3) is 3.86. The maximum absolute atomic E-state index is 12.9. The molecule has 0 bridgehead atoms. The number of carbonyl (C=O) groups is 1. The first-order valence-corrected chi connectivity index (χ1v) is 4.89. The maximum atomic E-state index is 12.9. The molecule has 0 atom stereocenters. The molecule has 5 heteroatoms. The minimum Gasteiger partial charge on any atom is -0.491 e. The van der Waals surface area contributed by atoms with E-state index in [1.165, 1.54) is 18.2 Å². The summed E-state index contributed by atoms with van der Waals surface area (Å²) >= 11 is 0. The Morgan fingerprint density at radius 1 is 1.44 bits per heavy atom. The van der Waals surface area contributed by atoms with Gasteiger partial charge in [0.05, 0.1) is 12.3 Å². The van der Waals surface area contributed by atoms with Crippen LogP contribution < -0.4 is 10.1 Å². The van der Waals surface area contributed by atoms with Gasteiger partial charge in [-0.1, -0.05) is 0 Å². The van der Waals surface area contributed by atoms with Crippen LogP contribution in [0.5, 0.6) is 5.75 Å². The number of rotatable bonds is 7. The number of benzene rings is 1. The highest BCUT2D eigenvalue weighted by atomic mass is 19.1. The molecule has 0 heterocycles. The second-order valence-corrected chi connectivity index (χ2v) is 3.10. The Balaban J connectivity index is 2.59. The lowest BCUT2D eigenvalue weighted by Crippen LogP contribution is -2.04. The molecule has 0 fully saturated rings. The van der Waals surface area contributed by atoms with Gasteiger partial charge in [0.15, 0.2) is 0 Å². The molecular formula is C11H14FNO3. The molecule has 0 spiro atoms. The van der Waals surface area contributed by atoms with E-state index in [0.29, 0.717) is 31.1 Å². The molecular weight excluding hydrogens is 213 g/mol. The highest BCUT2D eigenvalue weighted by Gasteiger charge is 2.04. The maximum Gasteiger partial charge on any atom is 0.211 e. The molecule has 1 amide bonds. The van der Waals surface area contributed by atoms with Gasteiger partial charge in [0.2, 0.25) is 6.41 Å². The Hall–Kier alpha value is -1.62. The number of hydrogen-bond donors (Lipinski definition) is 1. The van der Waals surface area contributed by atoms with Gasteiger partial charge in [-0.25, -0.2) is 4.39 Å². The summed E-state index contributed by atoms with van der Waals surface area (Å²) in [6, 6.07) is 3.97. The number of amides is 1. The van der Waals surface area contributed by atoms with Crippen LogP contribution in [0.25, 0.3) is 0 Å². The van der Waals surface area contributed by atoms with E-state index in [0.717, 1.165) is 6.42 Å². The quantitative estimate of drug-likeness (QED) is 0.571. The Bertz CT molecular complexity index is 344. The molecule has 4 nitrogen and oxygen atoms in total. The van der Waals surface area contributed by atoms with Crippen LogP contribution in [0.15, 0.2) is 18.2 Å². The standard InChI is InChI=1S/C11H14FNO3/c1-15-5-2-6-16-11-4-3-9(12)7-10(11)13-8-14/h3-4,7-8H,2,5-6H2,1H3,(H,13,14). The zero-order valence-electron chi connectivity index (χ0n) is 9.03. The van der Waals surface area contributed by atoms with E-state index in [4.69, 9.17) is 9.47 Å². The normalized spacial score (nSPS) is 9.88. The number of anilines is 1. The van der Waals surface area contributed by atoms with Crippen molar-refractivity contribution in [3.8, 4) is 5.75 Å². The Kier molecular flexibility index (Phi) is 5.28. The fourth-order valence-corrected chi connectivity index (χ4v) is 1.19. The van der Waals surface area contributed by atoms with Crippen molar-refractivity contribution in [3.63, 3.8) is 0 Å². The van der Waals surface area contributed by atoms with Crippen molar-refractivity contribution in [2.75, 3.05) is 25.6 Å². The highest BCUT2D eigenvalue weighted by Crippen LogP contribution is 2.24. The van der Waals surface area contributed by atoms with Crippen LogP contribution in [-0.4, -0.2) is 26.7 Å². The first-order chi connectivity index (χ1) is 7.77. The van der Waals surface area contributed by atoms with E-state index in [2.05, 4.69) is 5.32 Å². The van der Waals surface area contributed by atoms with Gasteiger partial charge in [-0.3, -0.25) is 4.79 Å². The van der Waals surface area contributed by atoms with Crippen molar-refractivity contribution in [2.24, 2.45) is 0 Å². The average Bonchev–Trinajstić information content (AvgIpc) is 2.27. The lowest BCUT2D eigenvalue weighted by molar-refractivity contribution is -0.105. The molecule has 1 rings (SSSR count). The summed E-state index contributed by atoms with van der Waals surface area (Å²) in [5.74, 6) is 0.0261. The lowest BCUT2D eigenvalue weighted by Gasteiger charge is -2.10. The number of halogens is 1. The van der Waals surface area contributed by atoms with Gasteiger partial charge in [-0.15, -0.1) is 0 Å². The van der Waals surface area contributed by atoms with Crippen LogP contribution in [-0.2, 0) is 9.53 Å². The smallest absolute Gasteiger partial charge is 0.211 e. The average molecular weight is 227 g/mol. The van der Waals surface area contributed by atoms with Gasteiger partial charge in [0, 0.05) is 26.2 Å². The van der Waals surface area contributed by atoms with Crippen LogP contribution in [0.3, 0.4) is 0 Å². The van der Waals surface area contributed by atoms with Crippen LogP contribution in [0.2, 0.25) is 0 Å². The highest BCUT2D eigenvalue weighted by molar-refractivity contribution is 5.75. The molecule has 1 N–H and O–H groups in total. The van der Waals surface area contributed by atoms with Gasteiger partial charge in [0.1, 0.15) is 11.6 Å². The van der Waals surface area contributed by atoms with Gasteiger partial charge >= 0.3 is 0 Å². The van der Waals surface area contributed by atoms with Crippen molar-refractivity contribution in [1.82, 2.24) is 0 Å². The summed E-state index contributed by atoms with van der Waals surface area (Å²) in [6.07, 6.45) is 1.21. The van der Waals surface area contributed by atoms with E-state index in [1.54, 1.807) is 7.11 Å². The number of hydrogen-bond acceptors (Lipinski definition) is 3. The fourth-order valence-electron chi connectivity index (χ4n) is 1.19. The molecule has 16 heavy (non-hydrogen) atoms. The molecule has 88 valence electrons. The minimum absolute atomic E-state index is 0.326. The monoisotopic (exact) mass is 227 g/mol. The zero-order valence-corrected chi connectivity index (χ0v) is 9.03. The van der Waals surface area contributed by atoms with Crippen molar-refractivity contribution in [1.29, 1.82) is 0 Å². The van der Waals surface area contributed by atoms with E-state index < -0.39 is 5.82 Å². The Morgan fingerprint density at radius 3 is 2.94 bits per heavy atom. The molecule has 1 aromatic rings. The largest absolute Gasteiger partial charge is 0.491 e. The number of nitrogens with one attached hydrogen (secondary N) is 1. The van der Waals surface area contributed by atoms with E-state index in [1.807, 2.05) is 0 Å². The summed E-state index contributed by atoms with van der Waals surface area (Å²) in [4.78, 5) is 10.3. The third-order valence-electron chi connectivity index (χ3n) is 1.91. The number of carbonyl (C=O) groups excluding carboxylic acids is 1. The first-order valence-electron chi connectivity index (χ1n) is 4.89. The topological polar surface area (TPSA) is 47.6 Å². The minimum atomic E-state index is -0.423. The second-order valence-electron chi connectivity index (χ2n) is 3.10. The van der Waals surface area contributed by atoms with Gasteiger partial charge in [-0.2, -0.15) is 0 Å². The summed E-state index contributed by atoms with van der Waals surface area (Å²) in [5, 5.41) is 2.38. The van der Waals surface area contributed by atoms with Crippen molar-refractivity contribution >= 4 is 12.1 Å². The molecule has 0 aliphatic heterocycles. The van der Waals surface area contributed by atoms with Crippen LogP contribution in [0, 0.1) is 5.82 Å². The van der Waals surface area contributed by atoms with E-state index in [-0.39, 0.29) is 0 Å². The van der Waals surface area contributed by atoms with Gasteiger partial charge in [-0.05, 0) is 12.1 Å². The fraction of sp³-hybridized carbons (Fsp3) is 0.364. The molecule has 0 aromatic heterocycles. The van der Waals surface area contributed by atoms with Crippen molar-refractivity contribution in [2.45, 2.75) is 6.42 Å². The molecule has 0 saturated carbocycles. The van der Waals surface area contributed by atoms with Crippen LogP contribution in [0.4, 0.5) is 10.1 Å². The molecule has 0 aliphatic carbocycles.